The zero-order chi connectivity index (χ0) is 9.84. The van der Waals surface area contributed by atoms with Gasteiger partial charge in [0.05, 0.1) is 5.02 Å². The minimum atomic E-state index is -0.0492. The van der Waals surface area contributed by atoms with Gasteiger partial charge in [0.15, 0.2) is 0 Å². The van der Waals surface area contributed by atoms with Crippen molar-refractivity contribution < 1.29 is 9.90 Å². The van der Waals surface area contributed by atoms with Gasteiger partial charge in [-0.1, -0.05) is 23.7 Å². The number of aldehydes is 1. The molecule has 2 nitrogen and oxygen atoms in total. The Labute approximate surface area is 86.1 Å². The molecule has 0 radical (unpaired) electrons. The third-order valence-electron chi connectivity index (χ3n) is 1.73. The molecule has 0 heterocycles. The Balaban J connectivity index is 3.14. The van der Waals surface area contributed by atoms with E-state index in [2.05, 4.69) is 0 Å². The lowest BCUT2D eigenvalue weighted by molar-refractivity contribution is -0.107. The van der Waals surface area contributed by atoms with E-state index in [0.29, 0.717) is 17.4 Å². The number of hydrogen-bond donors (Lipinski definition) is 1. The number of phenols is 1. The van der Waals surface area contributed by atoms with Gasteiger partial charge >= 0.3 is 0 Å². The van der Waals surface area contributed by atoms with Gasteiger partial charge in [-0.2, -0.15) is 0 Å². The predicted molar refractivity (Wildman–Crippen MR) is 52.4 cm³/mol. The second-order valence-corrected chi connectivity index (χ2v) is 3.20. The molecule has 0 aliphatic carbocycles. The number of benzene rings is 1. The van der Waals surface area contributed by atoms with Gasteiger partial charge in [-0.3, -0.25) is 0 Å². The predicted octanol–water partition coefficient (Wildman–Crippen LogP) is 2.53. The smallest absolute Gasteiger partial charge is 0.138 e. The quantitative estimate of drug-likeness (QED) is 0.626. The SMILES string of the molecule is O=CCc1ccc(CCl)c(Cl)c1O. The Morgan fingerprint density at radius 1 is 1.38 bits per heavy atom. The van der Waals surface area contributed by atoms with Crippen molar-refractivity contribution in [3.8, 4) is 5.75 Å². The summed E-state index contributed by atoms with van der Waals surface area (Å²) in [7, 11) is 0. The molecule has 1 rings (SSSR count). The highest BCUT2D eigenvalue weighted by atomic mass is 35.5. The molecule has 0 saturated heterocycles. The average molecular weight is 219 g/mol. The van der Waals surface area contributed by atoms with Crippen LogP contribution in [0.25, 0.3) is 0 Å². The van der Waals surface area contributed by atoms with E-state index in [1.807, 2.05) is 0 Å². The third kappa shape index (κ3) is 2.14. The van der Waals surface area contributed by atoms with E-state index in [4.69, 9.17) is 23.2 Å². The first-order chi connectivity index (χ1) is 6.20. The van der Waals surface area contributed by atoms with Crippen molar-refractivity contribution in [2.24, 2.45) is 0 Å². The zero-order valence-corrected chi connectivity index (χ0v) is 8.27. The van der Waals surface area contributed by atoms with Crippen LogP contribution in [-0.2, 0) is 17.1 Å². The Hall–Kier alpha value is -0.730. The van der Waals surface area contributed by atoms with Crippen LogP contribution in [-0.4, -0.2) is 11.4 Å². The van der Waals surface area contributed by atoms with Crippen LogP contribution < -0.4 is 0 Å². The fourth-order valence-corrected chi connectivity index (χ4v) is 1.55. The molecule has 0 fully saturated rings. The van der Waals surface area contributed by atoms with Crippen LogP contribution in [0.1, 0.15) is 11.1 Å². The van der Waals surface area contributed by atoms with Gasteiger partial charge in [-0.15, -0.1) is 11.6 Å². The third-order valence-corrected chi connectivity index (χ3v) is 2.44. The maximum Gasteiger partial charge on any atom is 0.138 e. The monoisotopic (exact) mass is 218 g/mol. The standard InChI is InChI=1S/C9H8Cl2O2/c10-5-7-2-1-6(3-4-12)9(13)8(7)11/h1-2,4,13H,3,5H2. The summed E-state index contributed by atoms with van der Waals surface area (Å²) < 4.78 is 0. The molecule has 0 aromatic heterocycles. The fourth-order valence-electron chi connectivity index (χ4n) is 1.00. The summed E-state index contributed by atoms with van der Waals surface area (Å²) in [6, 6.07) is 3.35. The normalized spacial score (nSPS) is 10.0. The summed E-state index contributed by atoms with van der Waals surface area (Å²) in [4.78, 5) is 10.2. The molecule has 0 aliphatic heterocycles. The first-order valence-electron chi connectivity index (χ1n) is 3.69. The van der Waals surface area contributed by atoms with Crippen molar-refractivity contribution in [2.45, 2.75) is 12.3 Å². The zero-order valence-electron chi connectivity index (χ0n) is 6.76. The highest BCUT2D eigenvalue weighted by Gasteiger charge is 2.09. The van der Waals surface area contributed by atoms with Crippen LogP contribution in [0.3, 0.4) is 0 Å². The highest BCUT2D eigenvalue weighted by Crippen LogP contribution is 2.31. The average Bonchev–Trinajstić information content (AvgIpc) is 2.14. The molecular formula is C9H8Cl2O2. The van der Waals surface area contributed by atoms with E-state index in [9.17, 15) is 9.90 Å². The molecule has 1 N–H and O–H groups in total. The van der Waals surface area contributed by atoms with Gasteiger partial charge in [-0.25, -0.2) is 0 Å². The first kappa shape index (κ1) is 10.4. The van der Waals surface area contributed by atoms with Crippen molar-refractivity contribution in [1.29, 1.82) is 0 Å². The second kappa shape index (κ2) is 4.49. The van der Waals surface area contributed by atoms with E-state index in [0.717, 1.165) is 0 Å². The lowest BCUT2D eigenvalue weighted by Crippen LogP contribution is -1.90. The van der Waals surface area contributed by atoms with Crippen LogP contribution >= 0.6 is 23.2 Å². The molecule has 0 bridgehead atoms. The maximum absolute atomic E-state index is 10.2. The molecule has 0 spiro atoms. The second-order valence-electron chi connectivity index (χ2n) is 2.55. The minimum Gasteiger partial charge on any atom is -0.506 e. The Kier molecular flexibility index (Phi) is 3.58. The molecule has 1 aromatic carbocycles. The highest BCUT2D eigenvalue weighted by molar-refractivity contribution is 6.33. The Morgan fingerprint density at radius 2 is 2.00 bits per heavy atom. The van der Waals surface area contributed by atoms with Crippen LogP contribution in [0.2, 0.25) is 5.02 Å². The number of phenolic OH excluding ortho intramolecular Hbond substituents is 1. The van der Waals surface area contributed by atoms with Crippen LogP contribution in [0.5, 0.6) is 5.75 Å². The summed E-state index contributed by atoms with van der Waals surface area (Å²) in [5.41, 5.74) is 1.18. The largest absolute Gasteiger partial charge is 0.506 e. The van der Waals surface area contributed by atoms with Gasteiger partial charge in [0.1, 0.15) is 12.0 Å². The van der Waals surface area contributed by atoms with Gasteiger partial charge in [-0.05, 0) is 5.56 Å². The van der Waals surface area contributed by atoms with Crippen molar-refractivity contribution in [3.63, 3.8) is 0 Å². The number of hydrogen-bond acceptors (Lipinski definition) is 2. The van der Waals surface area contributed by atoms with Crippen LogP contribution in [0.15, 0.2) is 12.1 Å². The van der Waals surface area contributed by atoms with E-state index in [1.54, 1.807) is 12.1 Å². The molecule has 13 heavy (non-hydrogen) atoms. The van der Waals surface area contributed by atoms with Gasteiger partial charge in [0.2, 0.25) is 0 Å². The molecule has 4 heteroatoms. The van der Waals surface area contributed by atoms with E-state index >= 15 is 0 Å². The molecule has 1 aromatic rings. The Morgan fingerprint density at radius 3 is 2.54 bits per heavy atom. The van der Waals surface area contributed by atoms with Gasteiger partial charge < -0.3 is 9.90 Å². The molecule has 0 saturated carbocycles. The first-order valence-corrected chi connectivity index (χ1v) is 4.60. The lowest BCUT2D eigenvalue weighted by Gasteiger charge is -2.06. The van der Waals surface area contributed by atoms with Crippen molar-refractivity contribution in [1.82, 2.24) is 0 Å². The van der Waals surface area contributed by atoms with Crippen molar-refractivity contribution in [2.75, 3.05) is 0 Å². The topological polar surface area (TPSA) is 37.3 Å². The molecule has 0 aliphatic rings. The van der Waals surface area contributed by atoms with Crippen molar-refractivity contribution in [3.05, 3.63) is 28.3 Å². The maximum atomic E-state index is 10.2. The van der Waals surface area contributed by atoms with E-state index in [-0.39, 0.29) is 23.1 Å². The van der Waals surface area contributed by atoms with Gasteiger partial charge in [0.25, 0.3) is 0 Å². The number of alkyl halides is 1. The van der Waals surface area contributed by atoms with E-state index < -0.39 is 0 Å². The number of carbonyl (C=O) groups is 1. The van der Waals surface area contributed by atoms with Crippen LogP contribution in [0, 0.1) is 0 Å². The molecule has 0 unspecified atom stereocenters. The summed E-state index contributed by atoms with van der Waals surface area (Å²) in [5, 5.41) is 9.72. The molecule has 70 valence electrons. The van der Waals surface area contributed by atoms with Crippen molar-refractivity contribution >= 4 is 29.5 Å². The summed E-state index contributed by atoms with van der Waals surface area (Å²) in [6.07, 6.45) is 0.875. The molecular weight excluding hydrogens is 211 g/mol. The molecule has 0 amide bonds. The number of rotatable bonds is 3. The fraction of sp³-hybridized carbons (Fsp3) is 0.222. The number of aromatic hydroxyl groups is 1. The summed E-state index contributed by atoms with van der Waals surface area (Å²) in [6.45, 7) is 0. The van der Waals surface area contributed by atoms with Crippen LogP contribution in [0.4, 0.5) is 0 Å². The van der Waals surface area contributed by atoms with Gasteiger partial charge in [0, 0.05) is 17.9 Å². The Bertz CT molecular complexity index is 324. The summed E-state index contributed by atoms with van der Waals surface area (Å²) >= 11 is 11.4. The minimum absolute atomic E-state index is 0.0492. The molecule has 0 atom stereocenters. The van der Waals surface area contributed by atoms with E-state index in [1.165, 1.54) is 0 Å². The lowest BCUT2D eigenvalue weighted by atomic mass is 10.1. The summed E-state index contributed by atoms with van der Waals surface area (Å²) in [5.74, 6) is 0.195. The number of halogens is 2. The number of carbonyl (C=O) groups excluding carboxylic acids is 1.